The van der Waals surface area contributed by atoms with Gasteiger partial charge in [0.2, 0.25) is 53.2 Å². The average Bonchev–Trinajstić information content (AvgIpc) is 3.47. The van der Waals surface area contributed by atoms with Crippen LogP contribution in [0.25, 0.3) is 0 Å². The van der Waals surface area contributed by atoms with Gasteiger partial charge >= 0.3 is 11.9 Å². The van der Waals surface area contributed by atoms with E-state index in [2.05, 4.69) is 62.5 Å². The van der Waals surface area contributed by atoms with Crippen LogP contribution in [0, 0.1) is 11.8 Å². The maximum Gasteiger partial charge on any atom is 0.326 e. The lowest BCUT2D eigenvalue weighted by Crippen LogP contribution is -2.60. The smallest absolute Gasteiger partial charge is 0.326 e. The molecule has 30 N–H and O–H groups in total. The molecule has 470 valence electrons. The summed E-state index contributed by atoms with van der Waals surface area (Å²) in [5.74, 6) is -12.7. The first-order valence-corrected chi connectivity index (χ1v) is 27.0. The largest absolute Gasteiger partial charge is 0.481 e. The van der Waals surface area contributed by atoms with Gasteiger partial charge in [-0.25, -0.2) is 4.79 Å². The second kappa shape index (κ2) is 40.4. The van der Waals surface area contributed by atoms with Gasteiger partial charge in [-0.3, -0.25) is 67.9 Å². The van der Waals surface area contributed by atoms with Crippen molar-refractivity contribution in [3.8, 4) is 0 Å². The second-order valence-corrected chi connectivity index (χ2v) is 19.8. The zero-order valence-corrected chi connectivity index (χ0v) is 47.7. The van der Waals surface area contributed by atoms with Crippen LogP contribution in [0.3, 0.4) is 0 Å². The Bertz CT molecular complexity index is 2280. The van der Waals surface area contributed by atoms with Crippen molar-refractivity contribution in [2.45, 2.75) is 166 Å². The first kappa shape index (κ1) is 74.2. The van der Waals surface area contributed by atoms with Crippen LogP contribution in [-0.2, 0) is 52.7 Å². The predicted molar refractivity (Wildman–Crippen MR) is 306 cm³/mol. The van der Waals surface area contributed by atoms with Gasteiger partial charge in [0.25, 0.3) is 0 Å². The Kier molecular flexibility index (Phi) is 36.1. The Labute approximate surface area is 481 Å². The number of guanidine groups is 4. The lowest BCUT2D eigenvalue weighted by Gasteiger charge is -2.29. The number of rotatable bonds is 43. The number of aliphatic imine (C=N–C) groups is 4. The molecule has 0 bridgehead atoms. The van der Waals surface area contributed by atoms with E-state index >= 15 is 0 Å². The summed E-state index contributed by atoms with van der Waals surface area (Å²) in [6.07, 6.45) is -1.14. The zero-order chi connectivity index (χ0) is 63.4. The number of nitrogens with two attached hydrogens (primary N) is 10. The van der Waals surface area contributed by atoms with E-state index in [1.807, 2.05) is 0 Å². The molecule has 0 aromatic carbocycles. The van der Waals surface area contributed by atoms with Crippen molar-refractivity contribution < 1.29 is 63.0 Å². The van der Waals surface area contributed by atoms with Crippen LogP contribution in [0.15, 0.2) is 20.0 Å². The van der Waals surface area contributed by atoms with Crippen molar-refractivity contribution in [3.63, 3.8) is 0 Å². The Morgan fingerprint density at radius 2 is 0.807 bits per heavy atom. The molecule has 0 radical (unpaired) electrons. The molecule has 0 saturated heterocycles. The number of primary amides is 1. The van der Waals surface area contributed by atoms with Gasteiger partial charge in [-0.1, -0.05) is 34.1 Å². The monoisotopic (exact) mass is 1180 g/mol. The first-order chi connectivity index (χ1) is 38.9. The van der Waals surface area contributed by atoms with Gasteiger partial charge in [0.05, 0.1) is 12.6 Å². The van der Waals surface area contributed by atoms with Gasteiger partial charge < -0.3 is 110 Å². The Hall–Kier alpha value is -8.79. The fourth-order valence-electron chi connectivity index (χ4n) is 7.60. The number of nitrogens with zero attached hydrogens (tertiary/aromatic N) is 4. The quantitative estimate of drug-likeness (QED) is 0.0153. The highest BCUT2D eigenvalue weighted by Gasteiger charge is 2.35. The molecule has 0 heterocycles. The summed E-state index contributed by atoms with van der Waals surface area (Å²) in [6.45, 7) is 6.23. The Morgan fingerprint density at radius 1 is 0.434 bits per heavy atom. The molecule has 9 atom stereocenters. The molecule has 0 aromatic heterocycles. The van der Waals surface area contributed by atoms with Crippen LogP contribution in [0.2, 0.25) is 0 Å². The summed E-state index contributed by atoms with van der Waals surface area (Å²) in [7, 11) is 0. The van der Waals surface area contributed by atoms with Crippen molar-refractivity contribution in [3.05, 3.63) is 0 Å². The third-order valence-corrected chi connectivity index (χ3v) is 12.2. The SMILES string of the molecule is CCC(C)C(NC(=O)C(CCCN=C(N)N)NC(=O)C(N)CCCN=C(N)N)C(=O)NC(CCCN=C(N)N)C(=O)NC(CCC(N)=O)C(=O)NCC(=O)NC(CC(C)C)C(=O)NC(CCC(=O)O)C(=O)NC(CCCN=C(N)N)C(=O)O. The molecule has 0 aromatic rings. The van der Waals surface area contributed by atoms with Crippen molar-refractivity contribution in [2.24, 2.45) is 89.1 Å². The lowest BCUT2D eigenvalue weighted by atomic mass is 9.96. The summed E-state index contributed by atoms with van der Waals surface area (Å²) >= 11 is 0. The van der Waals surface area contributed by atoms with E-state index in [0.717, 1.165) is 0 Å². The highest BCUT2D eigenvalue weighted by atomic mass is 16.4. The third kappa shape index (κ3) is 34.2. The fourth-order valence-corrected chi connectivity index (χ4v) is 7.60. The van der Waals surface area contributed by atoms with Gasteiger partial charge in [-0.15, -0.1) is 0 Å². The molecule has 83 heavy (non-hydrogen) atoms. The normalized spacial score (nSPS) is 14.0. The standard InChI is InChI=1S/C48H90N22O13/c1-5-25(4)36(70-41(79)28(12-8-20-61-47(55)56)65-37(75)26(49)10-6-18-59-45(51)52)43(81)68-27(11-7-19-60-46(53)54)39(77)66-29(14-16-33(50)71)38(76)63-23-34(72)64-32(22-24(2)3)42(80)67-30(15-17-35(73)74)40(78)69-31(44(82)83)13-9-21-62-48(57)58/h24-32,36H,5-23,49H2,1-4H3,(H2,50,71)(H,63,76)(H,64,72)(H,65,75)(H,66,77)(H,67,80)(H,68,81)(H,69,78)(H,70,79)(H,73,74)(H,82,83)(H4,51,52,59)(H4,53,54,60)(H4,55,56,61)(H4,57,58,62). The van der Waals surface area contributed by atoms with Gasteiger partial charge in [0.15, 0.2) is 23.8 Å². The number of carboxylic acid groups (broad SMARTS) is 2. The molecule has 9 unspecified atom stereocenters. The molecule has 0 aliphatic heterocycles. The van der Waals surface area contributed by atoms with Crippen molar-refractivity contribution in [1.29, 1.82) is 0 Å². The van der Waals surface area contributed by atoms with Crippen molar-refractivity contribution >= 4 is 88.9 Å². The van der Waals surface area contributed by atoms with Gasteiger partial charge in [-0.2, -0.15) is 0 Å². The molecule has 9 amide bonds. The fraction of sp³-hybridized carbons (Fsp3) is 0.688. The second-order valence-electron chi connectivity index (χ2n) is 19.8. The van der Waals surface area contributed by atoms with Gasteiger partial charge in [-0.05, 0) is 82.5 Å². The van der Waals surface area contributed by atoms with E-state index in [-0.39, 0.29) is 107 Å². The lowest BCUT2D eigenvalue weighted by molar-refractivity contribution is -0.143. The summed E-state index contributed by atoms with van der Waals surface area (Å²) in [5, 5.41) is 38.9. The summed E-state index contributed by atoms with van der Waals surface area (Å²) in [6, 6.07) is -11.2. The van der Waals surface area contributed by atoms with E-state index in [1.54, 1.807) is 27.7 Å². The average molecular weight is 1180 g/mol. The molecule has 0 aliphatic carbocycles. The van der Waals surface area contributed by atoms with E-state index in [4.69, 9.17) is 57.3 Å². The first-order valence-electron chi connectivity index (χ1n) is 27.0. The highest BCUT2D eigenvalue weighted by Crippen LogP contribution is 2.13. The Balaban J connectivity index is 6.66. The number of hydrogen-bond acceptors (Lipinski definition) is 16. The number of carbonyl (C=O) groups is 11. The van der Waals surface area contributed by atoms with Crippen LogP contribution in [0.5, 0.6) is 0 Å². The minimum absolute atomic E-state index is 0.00961. The maximum absolute atomic E-state index is 14.3. The topological polar surface area (TPSA) is 634 Å². The van der Waals surface area contributed by atoms with Crippen LogP contribution in [0.1, 0.15) is 118 Å². The van der Waals surface area contributed by atoms with Gasteiger partial charge in [0.1, 0.15) is 42.3 Å². The van der Waals surface area contributed by atoms with Gasteiger partial charge in [0, 0.05) is 39.0 Å². The number of carboxylic acids is 2. The predicted octanol–water partition coefficient (Wildman–Crippen LogP) is -7.65. The molecule has 0 fully saturated rings. The highest BCUT2D eigenvalue weighted by molar-refractivity contribution is 5.98. The van der Waals surface area contributed by atoms with Crippen LogP contribution in [-0.4, -0.2) is 180 Å². The molecule has 0 aliphatic rings. The van der Waals surface area contributed by atoms with Crippen molar-refractivity contribution in [1.82, 2.24) is 42.5 Å². The van der Waals surface area contributed by atoms with E-state index in [9.17, 15) is 63.0 Å². The number of nitrogens with one attached hydrogen (secondary N) is 8. The third-order valence-electron chi connectivity index (χ3n) is 12.2. The number of amides is 9. The minimum atomic E-state index is -1.59. The van der Waals surface area contributed by atoms with Crippen LogP contribution in [0.4, 0.5) is 0 Å². The molecule has 0 spiro atoms. The zero-order valence-electron chi connectivity index (χ0n) is 47.7. The molecule has 35 heteroatoms. The molecule has 0 rings (SSSR count). The maximum atomic E-state index is 14.3. The van der Waals surface area contributed by atoms with Crippen LogP contribution >= 0.6 is 0 Å². The number of carbonyl (C=O) groups excluding carboxylic acids is 9. The Morgan fingerprint density at radius 3 is 1.23 bits per heavy atom. The molecule has 0 saturated carbocycles. The summed E-state index contributed by atoms with van der Waals surface area (Å²) in [5.41, 5.74) is 54.8. The van der Waals surface area contributed by atoms with E-state index in [0.29, 0.717) is 12.8 Å². The van der Waals surface area contributed by atoms with Crippen LogP contribution < -0.4 is 99.9 Å². The van der Waals surface area contributed by atoms with E-state index < -0.39 is 152 Å². The molecular weight excluding hydrogens is 1090 g/mol. The molecule has 35 nitrogen and oxygen atoms in total. The molecular formula is C48H90N22O13. The summed E-state index contributed by atoms with van der Waals surface area (Å²) < 4.78 is 0. The van der Waals surface area contributed by atoms with Crippen molar-refractivity contribution in [2.75, 3.05) is 32.7 Å². The van der Waals surface area contributed by atoms with E-state index in [1.165, 1.54) is 0 Å². The summed E-state index contributed by atoms with van der Waals surface area (Å²) in [4.78, 5) is 161. The number of aliphatic carboxylic acids is 2. The minimum Gasteiger partial charge on any atom is -0.481 e. The number of hydrogen-bond donors (Lipinski definition) is 20.